The van der Waals surface area contributed by atoms with E-state index in [1.807, 2.05) is 0 Å². The lowest BCUT2D eigenvalue weighted by Gasteiger charge is -2.08. The van der Waals surface area contributed by atoms with E-state index in [4.69, 9.17) is 4.74 Å². The van der Waals surface area contributed by atoms with E-state index in [1.165, 1.54) is 12.1 Å². The quantitative estimate of drug-likeness (QED) is 0.863. The summed E-state index contributed by atoms with van der Waals surface area (Å²) in [4.78, 5) is 11.5. The smallest absolute Gasteiger partial charge is 0.225 e. The zero-order chi connectivity index (χ0) is 14.5. The molecule has 0 bridgehead atoms. The largest absolute Gasteiger partial charge is 0.491 e. The summed E-state index contributed by atoms with van der Waals surface area (Å²) in [6.45, 7) is 2.08. The van der Waals surface area contributed by atoms with Gasteiger partial charge in [0.25, 0.3) is 0 Å². The zero-order valence-corrected chi connectivity index (χ0v) is 11.6. The molecule has 7 heteroatoms. The van der Waals surface area contributed by atoms with Gasteiger partial charge in [-0.15, -0.1) is 0 Å². The molecule has 0 atom stereocenters. The SMILES string of the molecule is CCOc1ccc(NC(=O)CCS(C)(=O)=O)cc1F. The van der Waals surface area contributed by atoms with Crippen molar-refractivity contribution in [3.8, 4) is 5.75 Å². The summed E-state index contributed by atoms with van der Waals surface area (Å²) in [6, 6.07) is 4.03. The first-order chi connectivity index (χ1) is 8.81. The molecule has 0 fully saturated rings. The third kappa shape index (κ3) is 5.69. The predicted octanol–water partition coefficient (Wildman–Crippen LogP) is 1.60. The molecule has 0 heterocycles. The Morgan fingerprint density at radius 3 is 2.63 bits per heavy atom. The van der Waals surface area contributed by atoms with Crippen LogP contribution in [0.4, 0.5) is 10.1 Å². The van der Waals surface area contributed by atoms with Gasteiger partial charge >= 0.3 is 0 Å². The molecule has 0 saturated carbocycles. The van der Waals surface area contributed by atoms with Crippen molar-refractivity contribution >= 4 is 21.4 Å². The second-order valence-corrected chi connectivity index (χ2v) is 6.27. The molecule has 1 aromatic carbocycles. The monoisotopic (exact) mass is 289 g/mol. The lowest BCUT2D eigenvalue weighted by molar-refractivity contribution is -0.115. The second kappa shape index (κ2) is 6.51. The number of benzene rings is 1. The van der Waals surface area contributed by atoms with Crippen LogP contribution in [0.15, 0.2) is 18.2 Å². The van der Waals surface area contributed by atoms with Gasteiger partial charge in [0.05, 0.1) is 12.4 Å². The van der Waals surface area contributed by atoms with Gasteiger partial charge in [-0.1, -0.05) is 0 Å². The van der Waals surface area contributed by atoms with E-state index in [9.17, 15) is 17.6 Å². The highest BCUT2D eigenvalue weighted by molar-refractivity contribution is 7.90. The molecule has 106 valence electrons. The van der Waals surface area contributed by atoms with E-state index in [-0.39, 0.29) is 23.6 Å². The number of anilines is 1. The van der Waals surface area contributed by atoms with Crippen molar-refractivity contribution in [3.05, 3.63) is 24.0 Å². The van der Waals surface area contributed by atoms with E-state index in [1.54, 1.807) is 6.92 Å². The minimum absolute atomic E-state index is 0.108. The van der Waals surface area contributed by atoms with Crippen molar-refractivity contribution in [1.82, 2.24) is 0 Å². The highest BCUT2D eigenvalue weighted by Gasteiger charge is 2.10. The summed E-state index contributed by atoms with van der Waals surface area (Å²) in [5.74, 6) is -1.19. The minimum Gasteiger partial charge on any atom is -0.491 e. The molecule has 0 aliphatic rings. The third-order valence-corrected chi connectivity index (χ3v) is 3.16. The Morgan fingerprint density at radius 2 is 2.11 bits per heavy atom. The molecule has 0 aliphatic carbocycles. The molecule has 1 amide bonds. The summed E-state index contributed by atoms with van der Waals surface area (Å²) in [6.07, 6.45) is 0.893. The fourth-order valence-corrected chi connectivity index (χ4v) is 1.91. The molecule has 0 aromatic heterocycles. The average Bonchev–Trinajstić information content (AvgIpc) is 2.29. The number of carbonyl (C=O) groups excluding carboxylic acids is 1. The molecular weight excluding hydrogens is 273 g/mol. The maximum absolute atomic E-state index is 13.5. The molecule has 5 nitrogen and oxygen atoms in total. The van der Waals surface area contributed by atoms with Crippen LogP contribution in [0.25, 0.3) is 0 Å². The summed E-state index contributed by atoms with van der Waals surface area (Å²) >= 11 is 0. The first kappa shape index (κ1) is 15.4. The van der Waals surface area contributed by atoms with Crippen molar-refractivity contribution in [1.29, 1.82) is 0 Å². The zero-order valence-electron chi connectivity index (χ0n) is 10.8. The Balaban J connectivity index is 2.62. The van der Waals surface area contributed by atoms with Crippen LogP contribution >= 0.6 is 0 Å². The van der Waals surface area contributed by atoms with E-state index in [0.717, 1.165) is 12.3 Å². The molecule has 0 spiro atoms. The molecular formula is C12H16FNO4S. The number of sulfone groups is 1. The number of amides is 1. The molecule has 0 saturated heterocycles. The van der Waals surface area contributed by atoms with Crippen LogP contribution in [0.2, 0.25) is 0 Å². The highest BCUT2D eigenvalue weighted by Crippen LogP contribution is 2.21. The van der Waals surface area contributed by atoms with Gasteiger partial charge in [0.1, 0.15) is 9.84 Å². The van der Waals surface area contributed by atoms with E-state index in [0.29, 0.717) is 6.61 Å². The van der Waals surface area contributed by atoms with E-state index in [2.05, 4.69) is 5.32 Å². The van der Waals surface area contributed by atoms with Crippen LogP contribution in [0, 0.1) is 5.82 Å². The normalized spacial score (nSPS) is 11.1. The van der Waals surface area contributed by atoms with Gasteiger partial charge in [-0.25, -0.2) is 12.8 Å². The van der Waals surface area contributed by atoms with Crippen molar-refractivity contribution < 1.29 is 22.3 Å². The van der Waals surface area contributed by atoms with E-state index >= 15 is 0 Å². The molecule has 0 unspecified atom stereocenters. The number of halogens is 1. The Bertz CT molecular complexity index is 557. The maximum atomic E-state index is 13.5. The van der Waals surface area contributed by atoms with Crippen molar-refractivity contribution in [2.45, 2.75) is 13.3 Å². The van der Waals surface area contributed by atoms with Crippen LogP contribution < -0.4 is 10.1 Å². The Kier molecular flexibility index (Phi) is 5.29. The van der Waals surface area contributed by atoms with Gasteiger partial charge in [0.2, 0.25) is 5.91 Å². The highest BCUT2D eigenvalue weighted by atomic mass is 32.2. The van der Waals surface area contributed by atoms with Crippen LogP contribution in [-0.2, 0) is 14.6 Å². The Hall–Kier alpha value is -1.63. The first-order valence-corrected chi connectivity index (χ1v) is 7.78. The van der Waals surface area contributed by atoms with Crippen LogP contribution in [0.5, 0.6) is 5.75 Å². The molecule has 1 aromatic rings. The standard InChI is InChI=1S/C12H16FNO4S/c1-3-18-11-5-4-9(8-10(11)13)14-12(15)6-7-19(2,16)17/h4-5,8H,3,6-7H2,1-2H3,(H,14,15). The molecule has 0 radical (unpaired) electrons. The summed E-state index contributed by atoms with van der Waals surface area (Å²) in [5, 5.41) is 2.43. The van der Waals surface area contributed by atoms with Gasteiger partial charge < -0.3 is 10.1 Å². The van der Waals surface area contributed by atoms with Gasteiger partial charge in [0, 0.05) is 24.4 Å². The van der Waals surface area contributed by atoms with Gasteiger partial charge in [-0.2, -0.15) is 0 Å². The number of carbonyl (C=O) groups is 1. The summed E-state index contributed by atoms with van der Waals surface area (Å²) < 4.78 is 40.3. The fraction of sp³-hybridized carbons (Fsp3) is 0.417. The number of hydrogen-bond acceptors (Lipinski definition) is 4. The number of ether oxygens (including phenoxy) is 1. The number of hydrogen-bond donors (Lipinski definition) is 1. The molecule has 1 rings (SSSR count). The Labute approximate surface area is 111 Å². The van der Waals surface area contributed by atoms with Crippen LogP contribution in [0.3, 0.4) is 0 Å². The van der Waals surface area contributed by atoms with Crippen molar-refractivity contribution in [2.24, 2.45) is 0 Å². The number of nitrogens with one attached hydrogen (secondary N) is 1. The van der Waals surface area contributed by atoms with Gasteiger partial charge in [-0.3, -0.25) is 4.79 Å². The number of rotatable bonds is 6. The van der Waals surface area contributed by atoms with E-state index < -0.39 is 21.6 Å². The van der Waals surface area contributed by atoms with Crippen LogP contribution in [-0.4, -0.2) is 32.9 Å². The molecule has 19 heavy (non-hydrogen) atoms. The van der Waals surface area contributed by atoms with Gasteiger partial charge in [-0.05, 0) is 19.1 Å². The predicted molar refractivity (Wildman–Crippen MR) is 70.5 cm³/mol. The lowest BCUT2D eigenvalue weighted by atomic mass is 10.3. The first-order valence-electron chi connectivity index (χ1n) is 5.71. The lowest BCUT2D eigenvalue weighted by Crippen LogP contribution is -2.16. The summed E-state index contributed by atoms with van der Waals surface area (Å²) in [5.41, 5.74) is 0.263. The van der Waals surface area contributed by atoms with Gasteiger partial charge in [0.15, 0.2) is 11.6 Å². The van der Waals surface area contributed by atoms with Crippen molar-refractivity contribution in [2.75, 3.05) is 23.9 Å². The molecule has 0 aliphatic heterocycles. The third-order valence-electron chi connectivity index (χ3n) is 2.22. The second-order valence-electron chi connectivity index (χ2n) is 4.01. The molecule has 1 N–H and O–H groups in total. The van der Waals surface area contributed by atoms with Crippen molar-refractivity contribution in [3.63, 3.8) is 0 Å². The van der Waals surface area contributed by atoms with Crippen LogP contribution in [0.1, 0.15) is 13.3 Å². The average molecular weight is 289 g/mol. The topological polar surface area (TPSA) is 72.5 Å². The maximum Gasteiger partial charge on any atom is 0.225 e. The fourth-order valence-electron chi connectivity index (χ4n) is 1.35. The Morgan fingerprint density at radius 1 is 1.42 bits per heavy atom. The minimum atomic E-state index is -3.19. The summed E-state index contributed by atoms with van der Waals surface area (Å²) in [7, 11) is -3.19.